The average Bonchev–Trinajstić information content (AvgIpc) is 3.13. The number of rotatable bonds is 7. The van der Waals surface area contributed by atoms with Gasteiger partial charge in [0, 0.05) is 22.6 Å². The summed E-state index contributed by atoms with van der Waals surface area (Å²) in [4.78, 5) is 18.9. The lowest BCUT2D eigenvalue weighted by molar-refractivity contribution is -0.110. The number of aryl methyl sites for hydroxylation is 1. The maximum absolute atomic E-state index is 12.8. The summed E-state index contributed by atoms with van der Waals surface area (Å²) in [5.41, 5.74) is 6.89. The van der Waals surface area contributed by atoms with E-state index in [1.54, 1.807) is 25.1 Å². The largest absolute Gasteiger partial charge is 0.358 e. The van der Waals surface area contributed by atoms with Crippen LogP contribution in [0.1, 0.15) is 60.7 Å². The van der Waals surface area contributed by atoms with Crippen molar-refractivity contribution in [3.05, 3.63) is 46.3 Å². The van der Waals surface area contributed by atoms with E-state index in [0.29, 0.717) is 16.8 Å². The van der Waals surface area contributed by atoms with E-state index in [9.17, 15) is 13.2 Å². The maximum Gasteiger partial charge on any atom is 0.256 e. The van der Waals surface area contributed by atoms with Crippen LogP contribution in [0.2, 0.25) is 0 Å². The summed E-state index contributed by atoms with van der Waals surface area (Å²) in [5.74, 6) is -0.152. The van der Waals surface area contributed by atoms with Gasteiger partial charge in [-0.05, 0) is 94.6 Å². The molecule has 1 aromatic heterocycles. The zero-order valence-corrected chi connectivity index (χ0v) is 20.1. The third-order valence-electron chi connectivity index (χ3n) is 6.53. The number of amides is 1. The molecule has 1 amide bonds. The second-order valence-corrected chi connectivity index (χ2v) is 11.3. The van der Waals surface area contributed by atoms with Gasteiger partial charge in [-0.15, -0.1) is 0 Å². The second kappa shape index (κ2) is 9.24. The summed E-state index contributed by atoms with van der Waals surface area (Å²) in [5, 5.41) is 2.89. The number of nitrogens with zero attached hydrogens (tertiary/aromatic N) is 1. The van der Waals surface area contributed by atoms with Gasteiger partial charge in [-0.25, -0.2) is 8.42 Å². The van der Waals surface area contributed by atoms with Gasteiger partial charge >= 0.3 is 0 Å². The van der Waals surface area contributed by atoms with Crippen LogP contribution in [0.5, 0.6) is 0 Å². The van der Waals surface area contributed by atoms with Gasteiger partial charge in [-0.1, -0.05) is 13.3 Å². The fourth-order valence-corrected chi connectivity index (χ4v) is 5.66. The molecule has 6 nitrogen and oxygen atoms in total. The summed E-state index contributed by atoms with van der Waals surface area (Å²) in [6, 6.07) is 4.90. The molecule has 0 spiro atoms. The van der Waals surface area contributed by atoms with Crippen LogP contribution >= 0.6 is 0 Å². The van der Waals surface area contributed by atoms with E-state index >= 15 is 0 Å². The van der Waals surface area contributed by atoms with Crippen molar-refractivity contribution in [2.75, 3.05) is 31.7 Å². The minimum absolute atomic E-state index is 0.0333. The number of anilines is 1. The van der Waals surface area contributed by atoms with Crippen LogP contribution < -0.4 is 5.32 Å². The molecule has 0 unspecified atom stereocenters. The van der Waals surface area contributed by atoms with Gasteiger partial charge in [0.25, 0.3) is 5.91 Å². The first-order valence-corrected chi connectivity index (χ1v) is 13.2. The molecule has 0 saturated carbocycles. The third-order valence-corrected chi connectivity index (χ3v) is 8.26. The molecule has 172 valence electrons. The minimum Gasteiger partial charge on any atom is -0.358 e. The van der Waals surface area contributed by atoms with Crippen LogP contribution in [0.25, 0.3) is 11.6 Å². The van der Waals surface area contributed by atoms with E-state index < -0.39 is 9.84 Å². The predicted octanol–water partition coefficient (Wildman–Crippen LogP) is 4.06. The van der Waals surface area contributed by atoms with Crippen molar-refractivity contribution in [3.8, 4) is 0 Å². The van der Waals surface area contributed by atoms with Gasteiger partial charge in [-0.2, -0.15) is 0 Å². The van der Waals surface area contributed by atoms with Gasteiger partial charge in [0.2, 0.25) is 0 Å². The van der Waals surface area contributed by atoms with Crippen LogP contribution in [-0.4, -0.2) is 50.6 Å². The summed E-state index contributed by atoms with van der Waals surface area (Å²) < 4.78 is 24.8. The Kier molecular flexibility index (Phi) is 6.58. The van der Waals surface area contributed by atoms with E-state index in [0.717, 1.165) is 37.9 Å². The predicted molar refractivity (Wildman–Crippen MR) is 130 cm³/mol. The molecule has 2 aliphatic rings. The molecule has 2 heterocycles. The average molecular weight is 456 g/mol. The van der Waals surface area contributed by atoms with Gasteiger partial charge in [0.05, 0.1) is 16.2 Å². The molecule has 4 rings (SSSR count). The van der Waals surface area contributed by atoms with Crippen molar-refractivity contribution in [3.63, 3.8) is 0 Å². The highest BCUT2D eigenvalue weighted by Crippen LogP contribution is 2.37. The first-order chi connectivity index (χ1) is 15.3. The Morgan fingerprint density at radius 3 is 2.66 bits per heavy atom. The molecule has 2 N–H and O–H groups in total. The number of carbonyl (C=O) groups excluding carboxylic acids is 1. The molecular weight excluding hydrogens is 422 g/mol. The molecule has 7 heteroatoms. The summed E-state index contributed by atoms with van der Waals surface area (Å²) in [6.07, 6.45) is 9.70. The van der Waals surface area contributed by atoms with Crippen LogP contribution in [0.4, 0.5) is 5.69 Å². The van der Waals surface area contributed by atoms with E-state index in [1.165, 1.54) is 36.1 Å². The lowest BCUT2D eigenvalue weighted by atomic mass is 9.98. The number of aromatic nitrogens is 1. The van der Waals surface area contributed by atoms with Crippen molar-refractivity contribution >= 4 is 33.1 Å². The Balaban J connectivity index is 1.77. The number of fused-ring (bicyclic) bond motifs is 2. The van der Waals surface area contributed by atoms with E-state index in [4.69, 9.17) is 0 Å². The molecule has 0 radical (unpaired) electrons. The quantitative estimate of drug-likeness (QED) is 0.487. The SMILES string of the molecule is CCS(=O)(=O)c1ccc2c(c1)C(=Cc1[nH]c3c(c1CCCN(C)C)CCCCC3)C(=O)N2. The topological polar surface area (TPSA) is 82.3 Å². The lowest BCUT2D eigenvalue weighted by Gasteiger charge is -2.11. The van der Waals surface area contributed by atoms with E-state index in [2.05, 4.69) is 29.3 Å². The molecule has 1 aliphatic heterocycles. The Bertz CT molecular complexity index is 1160. The van der Waals surface area contributed by atoms with Crippen molar-refractivity contribution in [1.29, 1.82) is 0 Å². The van der Waals surface area contributed by atoms with Crippen LogP contribution in [0.3, 0.4) is 0 Å². The fraction of sp³-hybridized carbons (Fsp3) is 0.480. The van der Waals surface area contributed by atoms with E-state index in [-0.39, 0.29) is 16.6 Å². The number of sulfone groups is 1. The Morgan fingerprint density at radius 2 is 1.91 bits per heavy atom. The molecule has 0 bridgehead atoms. The van der Waals surface area contributed by atoms with Crippen molar-refractivity contribution in [1.82, 2.24) is 9.88 Å². The molecule has 0 atom stereocenters. The van der Waals surface area contributed by atoms with Crippen LogP contribution in [-0.2, 0) is 33.9 Å². The standard InChI is InChI=1S/C25H33N3O3S/c1-4-32(30,31)17-12-13-23-20(15-17)21(25(29)27-23)16-24-19(10-8-14-28(2)3)18-9-6-5-7-11-22(18)26-24/h12-13,15-16,26H,4-11,14H2,1-3H3,(H,27,29). The smallest absolute Gasteiger partial charge is 0.256 e. The Labute approximate surface area is 191 Å². The molecule has 32 heavy (non-hydrogen) atoms. The molecule has 0 saturated heterocycles. The van der Waals surface area contributed by atoms with Gasteiger partial charge in [-0.3, -0.25) is 4.79 Å². The second-order valence-electron chi connectivity index (χ2n) is 9.06. The lowest BCUT2D eigenvalue weighted by Crippen LogP contribution is -2.13. The highest BCUT2D eigenvalue weighted by molar-refractivity contribution is 7.91. The number of carbonyl (C=O) groups is 1. The van der Waals surface area contributed by atoms with E-state index in [1.807, 2.05) is 6.08 Å². The van der Waals surface area contributed by atoms with Crippen molar-refractivity contribution in [2.45, 2.75) is 56.8 Å². The molecule has 2 aromatic rings. The van der Waals surface area contributed by atoms with Crippen LogP contribution in [0, 0.1) is 0 Å². The summed E-state index contributed by atoms with van der Waals surface area (Å²) in [6.45, 7) is 2.65. The summed E-state index contributed by atoms with van der Waals surface area (Å²) in [7, 11) is 0.824. The zero-order chi connectivity index (χ0) is 22.9. The molecule has 1 aliphatic carbocycles. The molecule has 1 aromatic carbocycles. The number of hydrogen-bond acceptors (Lipinski definition) is 4. The number of hydrogen-bond donors (Lipinski definition) is 2. The highest BCUT2D eigenvalue weighted by atomic mass is 32.2. The van der Waals surface area contributed by atoms with Crippen LogP contribution in [0.15, 0.2) is 23.1 Å². The zero-order valence-electron chi connectivity index (χ0n) is 19.3. The first-order valence-electron chi connectivity index (χ1n) is 11.6. The number of nitrogens with one attached hydrogen (secondary N) is 2. The van der Waals surface area contributed by atoms with Gasteiger partial charge in [0.15, 0.2) is 9.84 Å². The fourth-order valence-electron chi connectivity index (χ4n) is 4.75. The number of benzene rings is 1. The number of H-pyrrole nitrogens is 1. The normalized spacial score (nSPS) is 17.4. The molecular formula is C25H33N3O3S. The Morgan fingerprint density at radius 1 is 1.12 bits per heavy atom. The molecule has 0 fully saturated rings. The number of aromatic amines is 1. The Hall–Kier alpha value is -2.38. The summed E-state index contributed by atoms with van der Waals surface area (Å²) >= 11 is 0. The third kappa shape index (κ3) is 4.55. The minimum atomic E-state index is -3.35. The first kappa shape index (κ1) is 22.8. The van der Waals surface area contributed by atoms with Gasteiger partial charge < -0.3 is 15.2 Å². The monoisotopic (exact) mass is 455 g/mol. The van der Waals surface area contributed by atoms with Crippen molar-refractivity contribution in [2.24, 2.45) is 0 Å². The highest BCUT2D eigenvalue weighted by Gasteiger charge is 2.27. The van der Waals surface area contributed by atoms with Crippen molar-refractivity contribution < 1.29 is 13.2 Å². The maximum atomic E-state index is 12.8. The van der Waals surface area contributed by atoms with Gasteiger partial charge in [0.1, 0.15) is 0 Å².